The topological polar surface area (TPSA) is 43.1 Å². The van der Waals surface area contributed by atoms with Crippen molar-refractivity contribution in [2.24, 2.45) is 0 Å². The summed E-state index contributed by atoms with van der Waals surface area (Å²) in [6, 6.07) is 15.2. The molecule has 0 fully saturated rings. The molecule has 0 aliphatic heterocycles. The summed E-state index contributed by atoms with van der Waals surface area (Å²) in [5, 5.41) is 10.7. The first-order valence-electron chi connectivity index (χ1n) is 4.90. The van der Waals surface area contributed by atoms with Crippen molar-refractivity contribution < 1.29 is 4.92 Å². The molecule has 2 rings (SSSR count). The Kier molecular flexibility index (Phi) is 2.68. The van der Waals surface area contributed by atoms with Gasteiger partial charge in [0, 0.05) is 12.1 Å². The molecule has 0 unspecified atom stereocenters. The molecule has 0 atom stereocenters. The molecule has 16 heavy (non-hydrogen) atoms. The number of rotatable bonds is 2. The second-order valence-electron chi connectivity index (χ2n) is 3.55. The van der Waals surface area contributed by atoms with Crippen LogP contribution < -0.4 is 0 Å². The first-order chi connectivity index (χ1) is 7.68. The normalized spacial score (nSPS) is 10.1. The van der Waals surface area contributed by atoms with Crippen molar-refractivity contribution >= 4 is 5.69 Å². The first kappa shape index (κ1) is 10.4. The maximum atomic E-state index is 10.7. The van der Waals surface area contributed by atoms with E-state index in [1.807, 2.05) is 19.1 Å². The van der Waals surface area contributed by atoms with E-state index in [0.717, 1.165) is 16.7 Å². The zero-order valence-corrected chi connectivity index (χ0v) is 8.81. The maximum absolute atomic E-state index is 10.7. The summed E-state index contributed by atoms with van der Waals surface area (Å²) < 4.78 is 0. The zero-order valence-electron chi connectivity index (χ0n) is 8.81. The molecule has 1 radical (unpaired) electrons. The van der Waals surface area contributed by atoms with Crippen LogP contribution in [0.3, 0.4) is 0 Å². The van der Waals surface area contributed by atoms with Crippen LogP contribution in [0.4, 0.5) is 5.69 Å². The third kappa shape index (κ3) is 1.93. The van der Waals surface area contributed by atoms with Crippen molar-refractivity contribution in [3.8, 4) is 11.1 Å². The van der Waals surface area contributed by atoms with E-state index >= 15 is 0 Å². The van der Waals surface area contributed by atoms with Crippen molar-refractivity contribution in [1.82, 2.24) is 0 Å². The van der Waals surface area contributed by atoms with Gasteiger partial charge in [-0.2, -0.15) is 0 Å². The van der Waals surface area contributed by atoms with Gasteiger partial charge in [0.25, 0.3) is 5.69 Å². The van der Waals surface area contributed by atoms with Gasteiger partial charge in [0.1, 0.15) is 0 Å². The third-order valence-corrected chi connectivity index (χ3v) is 2.46. The van der Waals surface area contributed by atoms with E-state index in [1.165, 1.54) is 6.07 Å². The molecule has 0 bridgehead atoms. The number of hydrogen-bond acceptors (Lipinski definition) is 2. The molecule has 0 amide bonds. The van der Waals surface area contributed by atoms with Crippen LogP contribution >= 0.6 is 0 Å². The fraction of sp³-hybridized carbons (Fsp3) is 0.0769. The SMILES string of the molecule is Cc1ccc([N+](=O)[O-])cc1-c1cc[c]cc1. The molecule has 0 spiro atoms. The summed E-state index contributed by atoms with van der Waals surface area (Å²) in [6.07, 6.45) is 0. The quantitative estimate of drug-likeness (QED) is 0.565. The molecule has 3 heteroatoms. The Morgan fingerprint density at radius 3 is 2.50 bits per heavy atom. The van der Waals surface area contributed by atoms with E-state index in [4.69, 9.17) is 0 Å². The third-order valence-electron chi connectivity index (χ3n) is 2.46. The lowest BCUT2D eigenvalue weighted by Crippen LogP contribution is -1.90. The number of benzene rings is 2. The molecule has 79 valence electrons. The fourth-order valence-corrected chi connectivity index (χ4v) is 1.60. The summed E-state index contributed by atoms with van der Waals surface area (Å²) in [6.45, 7) is 1.94. The highest BCUT2D eigenvalue weighted by atomic mass is 16.6. The van der Waals surface area contributed by atoms with E-state index in [2.05, 4.69) is 6.07 Å². The van der Waals surface area contributed by atoms with Crippen LogP contribution in [0, 0.1) is 23.1 Å². The molecule has 0 aliphatic rings. The summed E-state index contributed by atoms with van der Waals surface area (Å²) in [7, 11) is 0. The smallest absolute Gasteiger partial charge is 0.258 e. The minimum Gasteiger partial charge on any atom is -0.258 e. The number of nitrogens with zero attached hydrogens (tertiary/aromatic N) is 1. The highest BCUT2D eigenvalue weighted by molar-refractivity contribution is 5.69. The highest BCUT2D eigenvalue weighted by Crippen LogP contribution is 2.27. The number of aryl methyl sites for hydroxylation is 1. The van der Waals surface area contributed by atoms with Crippen LogP contribution in [-0.4, -0.2) is 4.92 Å². The van der Waals surface area contributed by atoms with Crippen molar-refractivity contribution in [2.75, 3.05) is 0 Å². The first-order valence-corrected chi connectivity index (χ1v) is 4.90. The Balaban J connectivity index is 2.56. The second kappa shape index (κ2) is 4.14. The van der Waals surface area contributed by atoms with Gasteiger partial charge in [-0.25, -0.2) is 0 Å². The minimum atomic E-state index is -0.377. The van der Waals surface area contributed by atoms with Gasteiger partial charge >= 0.3 is 0 Å². The summed E-state index contributed by atoms with van der Waals surface area (Å²) in [4.78, 5) is 10.3. The number of nitro groups is 1. The summed E-state index contributed by atoms with van der Waals surface area (Å²) >= 11 is 0. The molecule has 0 saturated carbocycles. The van der Waals surface area contributed by atoms with Crippen molar-refractivity contribution in [1.29, 1.82) is 0 Å². The molecule has 2 aromatic rings. The van der Waals surface area contributed by atoms with Gasteiger partial charge in [-0.05, 0) is 29.7 Å². The van der Waals surface area contributed by atoms with E-state index in [9.17, 15) is 10.1 Å². The lowest BCUT2D eigenvalue weighted by molar-refractivity contribution is -0.384. The van der Waals surface area contributed by atoms with E-state index < -0.39 is 0 Å². The van der Waals surface area contributed by atoms with Crippen LogP contribution in [0.5, 0.6) is 0 Å². The van der Waals surface area contributed by atoms with Crippen LogP contribution in [0.2, 0.25) is 0 Å². The number of hydrogen-bond donors (Lipinski definition) is 0. The molecule has 3 nitrogen and oxygen atoms in total. The summed E-state index contributed by atoms with van der Waals surface area (Å²) in [5.41, 5.74) is 3.01. The molecular weight excluding hydrogens is 202 g/mol. The van der Waals surface area contributed by atoms with Gasteiger partial charge < -0.3 is 0 Å². The number of nitro benzene ring substituents is 1. The lowest BCUT2D eigenvalue weighted by atomic mass is 10.0. The molecular formula is C13H10NO2. The predicted octanol–water partition coefficient (Wildman–Crippen LogP) is 3.37. The average molecular weight is 212 g/mol. The van der Waals surface area contributed by atoms with Crippen LogP contribution in [0.25, 0.3) is 11.1 Å². The van der Waals surface area contributed by atoms with Crippen LogP contribution in [-0.2, 0) is 0 Å². The van der Waals surface area contributed by atoms with Gasteiger partial charge in [-0.3, -0.25) is 10.1 Å². The Labute approximate surface area is 93.5 Å². The molecule has 0 aromatic heterocycles. The Hall–Kier alpha value is -2.16. The van der Waals surface area contributed by atoms with Crippen molar-refractivity contribution in [2.45, 2.75) is 6.92 Å². The fourth-order valence-electron chi connectivity index (χ4n) is 1.60. The molecule has 0 saturated heterocycles. The Morgan fingerprint density at radius 2 is 1.88 bits per heavy atom. The van der Waals surface area contributed by atoms with Crippen LogP contribution in [0.15, 0.2) is 42.5 Å². The number of non-ortho nitro benzene ring substituents is 1. The van der Waals surface area contributed by atoms with Gasteiger partial charge in [0.2, 0.25) is 0 Å². The average Bonchev–Trinajstić information content (AvgIpc) is 2.30. The second-order valence-corrected chi connectivity index (χ2v) is 3.55. The van der Waals surface area contributed by atoms with Gasteiger partial charge in [-0.1, -0.05) is 30.3 Å². The molecule has 0 heterocycles. The zero-order chi connectivity index (χ0) is 11.5. The van der Waals surface area contributed by atoms with Gasteiger partial charge in [0.05, 0.1) is 4.92 Å². The largest absolute Gasteiger partial charge is 0.270 e. The lowest BCUT2D eigenvalue weighted by Gasteiger charge is -2.05. The van der Waals surface area contributed by atoms with Gasteiger partial charge in [0.15, 0.2) is 0 Å². The van der Waals surface area contributed by atoms with Crippen molar-refractivity contribution in [3.63, 3.8) is 0 Å². The van der Waals surface area contributed by atoms with Gasteiger partial charge in [-0.15, -0.1) is 0 Å². The minimum absolute atomic E-state index is 0.119. The Bertz CT molecular complexity index is 521. The molecule has 2 aromatic carbocycles. The Morgan fingerprint density at radius 1 is 1.19 bits per heavy atom. The molecule has 0 N–H and O–H groups in total. The monoisotopic (exact) mass is 212 g/mol. The van der Waals surface area contributed by atoms with E-state index in [1.54, 1.807) is 24.3 Å². The standard InChI is InChI=1S/C13H10NO2/c1-10-7-8-12(14(15)16)9-13(10)11-5-3-2-4-6-11/h3-9H,1H3. The predicted molar refractivity (Wildman–Crippen MR) is 62.1 cm³/mol. The summed E-state index contributed by atoms with van der Waals surface area (Å²) in [5.74, 6) is 0. The highest BCUT2D eigenvalue weighted by Gasteiger charge is 2.09. The van der Waals surface area contributed by atoms with Crippen LogP contribution in [0.1, 0.15) is 5.56 Å². The van der Waals surface area contributed by atoms with E-state index in [-0.39, 0.29) is 10.6 Å². The molecule has 0 aliphatic carbocycles. The maximum Gasteiger partial charge on any atom is 0.270 e. The van der Waals surface area contributed by atoms with Crippen molar-refractivity contribution in [3.05, 3.63) is 64.2 Å². The van der Waals surface area contributed by atoms with E-state index in [0.29, 0.717) is 0 Å².